The van der Waals surface area contributed by atoms with Crippen molar-refractivity contribution in [3.05, 3.63) is 24.1 Å². The number of nitrogens with one attached hydrogen (secondary N) is 1. The predicted molar refractivity (Wildman–Crippen MR) is 96.9 cm³/mol. The van der Waals surface area contributed by atoms with Gasteiger partial charge in [-0.05, 0) is 64.4 Å². The first-order valence-electron chi connectivity index (χ1n) is 6.36. The maximum atomic E-state index is 6.13. The molecule has 0 amide bonds. The van der Waals surface area contributed by atoms with Crippen molar-refractivity contribution in [2.24, 2.45) is 0 Å². The summed E-state index contributed by atoms with van der Waals surface area (Å²) in [5.74, 6) is 2.29. The van der Waals surface area contributed by atoms with Crippen molar-refractivity contribution in [3.8, 4) is 10.7 Å². The Morgan fingerprint density at radius 1 is 1.50 bits per heavy atom. The van der Waals surface area contributed by atoms with Gasteiger partial charge in [0.15, 0.2) is 5.82 Å². The lowest BCUT2D eigenvalue weighted by atomic mass is 10.2. The molecule has 0 atom stereocenters. The number of anilines is 1. The van der Waals surface area contributed by atoms with Crippen LogP contribution in [-0.2, 0) is 0 Å². The molecule has 2 heterocycles. The Morgan fingerprint density at radius 3 is 2.80 bits per heavy atom. The molecule has 2 aromatic rings. The fraction of sp³-hybridized carbons (Fsp3) is 0.385. The minimum absolute atomic E-state index is 0.597. The highest BCUT2D eigenvalue weighted by Crippen LogP contribution is 2.44. The summed E-state index contributed by atoms with van der Waals surface area (Å²) in [6.45, 7) is 2.93. The predicted octanol–water partition coefficient (Wildman–Crippen LogP) is 5.53. The van der Waals surface area contributed by atoms with E-state index in [-0.39, 0.29) is 0 Å². The second-order valence-electron chi connectivity index (χ2n) is 4.63. The van der Waals surface area contributed by atoms with Crippen LogP contribution >= 0.6 is 61.5 Å². The minimum atomic E-state index is 0.597. The molecule has 3 nitrogen and oxygen atoms in total. The van der Waals surface area contributed by atoms with E-state index in [1.807, 2.05) is 6.07 Å². The van der Waals surface area contributed by atoms with Gasteiger partial charge in [-0.1, -0.05) is 11.6 Å². The number of halogens is 3. The van der Waals surface area contributed by atoms with Gasteiger partial charge >= 0.3 is 0 Å². The standard InChI is InChI=1S/C13H12BrClIN3S/c1-2-17-13-9(16)10(6-3-4-6)18-12(19-13)8-5-7(14)11(15)20-8/h5-6H,2-4H2,1H3,(H,17,18,19). The number of hydrogen-bond acceptors (Lipinski definition) is 4. The third kappa shape index (κ3) is 2.98. The number of thiophene rings is 1. The Bertz CT molecular complexity index is 638. The Morgan fingerprint density at radius 2 is 2.25 bits per heavy atom. The van der Waals surface area contributed by atoms with E-state index < -0.39 is 0 Å². The van der Waals surface area contributed by atoms with Crippen LogP contribution in [0.5, 0.6) is 0 Å². The van der Waals surface area contributed by atoms with Gasteiger partial charge in [-0.2, -0.15) is 0 Å². The Balaban J connectivity index is 2.10. The SMILES string of the molecule is CCNc1nc(-c2cc(Br)c(Cl)s2)nc(C2CC2)c1I. The van der Waals surface area contributed by atoms with Crippen LogP contribution in [0, 0.1) is 3.57 Å². The van der Waals surface area contributed by atoms with Crippen LogP contribution in [0.4, 0.5) is 5.82 Å². The summed E-state index contributed by atoms with van der Waals surface area (Å²) in [6, 6.07) is 1.99. The molecule has 0 aromatic carbocycles. The van der Waals surface area contributed by atoms with E-state index in [1.165, 1.54) is 29.9 Å². The first-order chi connectivity index (χ1) is 9.60. The molecule has 1 fully saturated rings. The molecule has 0 saturated heterocycles. The van der Waals surface area contributed by atoms with Crippen molar-refractivity contribution < 1.29 is 0 Å². The first kappa shape index (κ1) is 15.0. The molecule has 0 spiro atoms. The first-order valence-corrected chi connectivity index (χ1v) is 9.43. The van der Waals surface area contributed by atoms with Gasteiger partial charge in [0.05, 0.1) is 14.1 Å². The van der Waals surface area contributed by atoms with Crippen LogP contribution < -0.4 is 5.32 Å². The van der Waals surface area contributed by atoms with E-state index >= 15 is 0 Å². The Hall–Kier alpha value is 0.0800. The van der Waals surface area contributed by atoms with Crippen molar-refractivity contribution in [2.75, 3.05) is 11.9 Å². The Kier molecular flexibility index (Phi) is 4.54. The summed E-state index contributed by atoms with van der Waals surface area (Å²) in [4.78, 5) is 10.4. The van der Waals surface area contributed by atoms with Crippen LogP contribution in [0.3, 0.4) is 0 Å². The summed E-state index contributed by atoms with van der Waals surface area (Å²) in [7, 11) is 0. The molecule has 3 rings (SSSR count). The number of hydrogen-bond donors (Lipinski definition) is 1. The zero-order valence-electron chi connectivity index (χ0n) is 10.7. The van der Waals surface area contributed by atoms with E-state index in [2.05, 4.69) is 55.7 Å². The van der Waals surface area contributed by atoms with Crippen molar-refractivity contribution >= 4 is 67.3 Å². The average molecular weight is 485 g/mol. The molecule has 0 unspecified atom stereocenters. The highest BCUT2D eigenvalue weighted by molar-refractivity contribution is 14.1. The third-order valence-corrected chi connectivity index (χ3v) is 6.58. The lowest BCUT2D eigenvalue weighted by molar-refractivity contribution is 0.974. The maximum Gasteiger partial charge on any atom is 0.172 e. The molecule has 7 heteroatoms. The normalized spacial score (nSPS) is 14.6. The summed E-state index contributed by atoms with van der Waals surface area (Å²) in [5.41, 5.74) is 1.17. The van der Waals surface area contributed by atoms with E-state index in [4.69, 9.17) is 16.6 Å². The van der Waals surface area contributed by atoms with Crippen molar-refractivity contribution in [2.45, 2.75) is 25.7 Å². The van der Waals surface area contributed by atoms with E-state index in [0.29, 0.717) is 5.92 Å². The summed E-state index contributed by atoms with van der Waals surface area (Å²) in [5, 5.41) is 3.33. The van der Waals surface area contributed by atoms with Gasteiger partial charge < -0.3 is 5.32 Å². The lowest BCUT2D eigenvalue weighted by Gasteiger charge is -2.11. The number of nitrogens with zero attached hydrogens (tertiary/aromatic N) is 2. The number of aromatic nitrogens is 2. The molecule has 20 heavy (non-hydrogen) atoms. The van der Waals surface area contributed by atoms with Gasteiger partial charge in [0, 0.05) is 16.9 Å². The molecule has 0 bridgehead atoms. The van der Waals surface area contributed by atoms with Crippen LogP contribution in [0.25, 0.3) is 10.7 Å². The molecule has 0 radical (unpaired) electrons. The number of rotatable bonds is 4. The van der Waals surface area contributed by atoms with Crippen LogP contribution in [0.2, 0.25) is 4.34 Å². The fourth-order valence-corrected chi connectivity index (χ4v) is 4.45. The highest BCUT2D eigenvalue weighted by Gasteiger charge is 2.29. The Labute approximate surface area is 148 Å². The molecular weight excluding hydrogens is 472 g/mol. The van der Waals surface area contributed by atoms with Gasteiger partial charge in [0.2, 0.25) is 0 Å². The van der Waals surface area contributed by atoms with Gasteiger partial charge in [0.1, 0.15) is 10.2 Å². The average Bonchev–Trinajstić information content (AvgIpc) is 3.19. The minimum Gasteiger partial charge on any atom is -0.369 e. The maximum absolute atomic E-state index is 6.13. The highest BCUT2D eigenvalue weighted by atomic mass is 127. The fourth-order valence-electron chi connectivity index (χ4n) is 1.94. The summed E-state index contributed by atoms with van der Waals surface area (Å²) in [6.07, 6.45) is 2.46. The van der Waals surface area contributed by atoms with Crippen molar-refractivity contribution in [1.29, 1.82) is 0 Å². The van der Waals surface area contributed by atoms with E-state index in [9.17, 15) is 0 Å². The van der Waals surface area contributed by atoms with Crippen molar-refractivity contribution in [3.63, 3.8) is 0 Å². The smallest absolute Gasteiger partial charge is 0.172 e. The zero-order valence-corrected chi connectivity index (χ0v) is 16.0. The summed E-state index contributed by atoms with van der Waals surface area (Å²) < 4.78 is 2.79. The van der Waals surface area contributed by atoms with Gasteiger partial charge in [0.25, 0.3) is 0 Å². The quantitative estimate of drug-likeness (QED) is 0.580. The van der Waals surface area contributed by atoms with Gasteiger partial charge in [-0.3, -0.25) is 0 Å². The molecule has 2 aromatic heterocycles. The molecule has 1 aliphatic rings. The summed E-state index contributed by atoms with van der Waals surface area (Å²) >= 11 is 13.4. The molecular formula is C13H12BrClIN3S. The molecule has 106 valence electrons. The van der Waals surface area contributed by atoms with E-state index in [1.54, 1.807) is 0 Å². The molecule has 1 aliphatic carbocycles. The third-order valence-electron chi connectivity index (χ3n) is 3.05. The monoisotopic (exact) mass is 483 g/mol. The molecule has 0 aliphatic heterocycles. The second kappa shape index (κ2) is 6.06. The van der Waals surface area contributed by atoms with Crippen LogP contribution in [-0.4, -0.2) is 16.5 Å². The molecule has 1 saturated carbocycles. The van der Waals surface area contributed by atoms with Crippen molar-refractivity contribution in [1.82, 2.24) is 9.97 Å². The van der Waals surface area contributed by atoms with Crippen LogP contribution in [0.1, 0.15) is 31.4 Å². The van der Waals surface area contributed by atoms with E-state index in [0.717, 1.165) is 35.4 Å². The second-order valence-corrected chi connectivity index (χ2v) is 8.22. The van der Waals surface area contributed by atoms with Gasteiger partial charge in [-0.25, -0.2) is 9.97 Å². The van der Waals surface area contributed by atoms with Crippen LogP contribution in [0.15, 0.2) is 10.5 Å². The van der Waals surface area contributed by atoms with Gasteiger partial charge in [-0.15, -0.1) is 11.3 Å². The topological polar surface area (TPSA) is 37.8 Å². The lowest BCUT2D eigenvalue weighted by Crippen LogP contribution is -2.07. The largest absolute Gasteiger partial charge is 0.369 e. The zero-order chi connectivity index (χ0) is 14.3. The molecule has 1 N–H and O–H groups in total.